The molecule has 0 aliphatic heterocycles. The van der Waals surface area contributed by atoms with Crippen LogP contribution >= 0.6 is 0 Å². The second kappa shape index (κ2) is 6.20. The average Bonchev–Trinajstić information content (AvgIpc) is 3.13. The summed E-state index contributed by atoms with van der Waals surface area (Å²) in [6.07, 6.45) is 7.40. The normalized spacial score (nSPS) is 13.0. The van der Waals surface area contributed by atoms with Gasteiger partial charge in [0.2, 0.25) is 0 Å². The summed E-state index contributed by atoms with van der Waals surface area (Å²) in [6.45, 7) is 15.5. The Morgan fingerprint density at radius 1 is 0.893 bits per heavy atom. The molecule has 0 aliphatic carbocycles. The summed E-state index contributed by atoms with van der Waals surface area (Å²) in [5.74, 6) is 0. The molecular weight excluding hydrogens is 344 g/mol. The van der Waals surface area contributed by atoms with Crippen LogP contribution in [0.5, 0.6) is 0 Å². The third-order valence-electron chi connectivity index (χ3n) is 5.55. The second-order valence-electron chi connectivity index (χ2n) is 9.70. The molecule has 0 bridgehead atoms. The Hall–Kier alpha value is -2.62. The minimum atomic E-state index is -0.0660. The lowest BCUT2D eigenvalue weighted by Crippen LogP contribution is -2.24. The Labute approximate surface area is 167 Å². The van der Waals surface area contributed by atoms with Crippen LogP contribution < -0.4 is 0 Å². The van der Waals surface area contributed by atoms with Crippen molar-refractivity contribution in [2.24, 2.45) is 0 Å². The van der Waals surface area contributed by atoms with Gasteiger partial charge in [-0.05, 0) is 48.9 Å². The van der Waals surface area contributed by atoms with Crippen LogP contribution in [0.3, 0.4) is 0 Å². The predicted octanol–water partition coefficient (Wildman–Crippen LogP) is 5.42. The fourth-order valence-corrected chi connectivity index (χ4v) is 4.08. The molecule has 0 saturated heterocycles. The fourth-order valence-electron chi connectivity index (χ4n) is 4.08. The highest BCUT2D eigenvalue weighted by molar-refractivity contribution is 5.53. The number of fused-ring (bicyclic) bond motifs is 2. The van der Waals surface area contributed by atoms with Gasteiger partial charge >= 0.3 is 0 Å². The van der Waals surface area contributed by atoms with E-state index in [2.05, 4.69) is 98.2 Å². The van der Waals surface area contributed by atoms with E-state index in [1.807, 2.05) is 6.92 Å². The van der Waals surface area contributed by atoms with E-state index >= 15 is 0 Å². The minimum Gasteiger partial charge on any atom is -0.306 e. The zero-order valence-electron chi connectivity index (χ0n) is 18.0. The van der Waals surface area contributed by atoms with E-state index in [1.165, 1.54) is 16.8 Å². The van der Waals surface area contributed by atoms with Gasteiger partial charge in [-0.1, -0.05) is 46.8 Å². The largest absolute Gasteiger partial charge is 0.306 e. The molecule has 28 heavy (non-hydrogen) atoms. The molecule has 0 spiro atoms. The third-order valence-corrected chi connectivity index (χ3v) is 5.55. The summed E-state index contributed by atoms with van der Waals surface area (Å²) >= 11 is 0. The summed E-state index contributed by atoms with van der Waals surface area (Å²) in [6, 6.07) is 8.75. The van der Waals surface area contributed by atoms with Crippen molar-refractivity contribution in [3.63, 3.8) is 0 Å². The van der Waals surface area contributed by atoms with Crippen LogP contribution in [-0.2, 0) is 17.3 Å². The molecule has 4 nitrogen and oxygen atoms in total. The predicted molar refractivity (Wildman–Crippen MR) is 115 cm³/mol. The van der Waals surface area contributed by atoms with Crippen LogP contribution in [0.2, 0.25) is 0 Å². The van der Waals surface area contributed by atoms with Crippen molar-refractivity contribution in [1.29, 1.82) is 0 Å². The maximum absolute atomic E-state index is 4.82. The number of pyridine rings is 2. The Morgan fingerprint density at radius 3 is 2.32 bits per heavy atom. The lowest BCUT2D eigenvalue weighted by Gasteiger charge is -2.28. The molecule has 0 saturated carbocycles. The smallest absolute Gasteiger partial charge is 0.140 e. The molecule has 0 unspecified atom stereocenters. The molecule has 4 heterocycles. The molecule has 4 rings (SSSR count). The van der Waals surface area contributed by atoms with Gasteiger partial charge in [0.05, 0.1) is 11.4 Å². The van der Waals surface area contributed by atoms with Crippen LogP contribution in [0.1, 0.15) is 62.8 Å². The quantitative estimate of drug-likeness (QED) is 0.480. The Kier molecular flexibility index (Phi) is 4.14. The number of aromatic nitrogens is 4. The highest BCUT2D eigenvalue weighted by Crippen LogP contribution is 2.32. The monoisotopic (exact) mass is 374 g/mol. The van der Waals surface area contributed by atoms with E-state index in [0.29, 0.717) is 0 Å². The fraction of sp³-hybridized carbons (Fsp3) is 0.417. The zero-order chi connectivity index (χ0) is 20.3. The molecule has 4 aromatic heterocycles. The van der Waals surface area contributed by atoms with Crippen molar-refractivity contribution in [3.8, 4) is 0 Å². The molecule has 0 aromatic carbocycles. The standard InChI is InChI=1S/C24H30N4/c1-16-13-27-15-19(23(3,4)5)11-18(22(27)26-16)12-24(6,7)20-9-8-10-21-25-17(2)14-28(20)21/h8-11,13-15H,12H2,1-7H3. The highest BCUT2D eigenvalue weighted by Gasteiger charge is 2.27. The third kappa shape index (κ3) is 3.21. The summed E-state index contributed by atoms with van der Waals surface area (Å²) in [5, 5.41) is 0. The van der Waals surface area contributed by atoms with Crippen molar-refractivity contribution < 1.29 is 0 Å². The summed E-state index contributed by atoms with van der Waals surface area (Å²) in [5.41, 5.74) is 8.09. The first-order chi connectivity index (χ1) is 13.0. The lowest BCUT2D eigenvalue weighted by atomic mass is 9.80. The van der Waals surface area contributed by atoms with Crippen LogP contribution in [0.4, 0.5) is 0 Å². The maximum atomic E-state index is 4.82. The van der Waals surface area contributed by atoms with Gasteiger partial charge < -0.3 is 8.80 Å². The molecule has 4 heteroatoms. The molecule has 0 atom stereocenters. The zero-order valence-corrected chi connectivity index (χ0v) is 18.0. The molecule has 146 valence electrons. The number of rotatable bonds is 3. The molecule has 0 amide bonds. The average molecular weight is 375 g/mol. The summed E-state index contributed by atoms with van der Waals surface area (Å²) in [7, 11) is 0. The molecule has 4 aromatic rings. The highest BCUT2D eigenvalue weighted by atomic mass is 15.0. The van der Waals surface area contributed by atoms with Gasteiger partial charge in [-0.15, -0.1) is 0 Å². The van der Waals surface area contributed by atoms with Crippen LogP contribution in [0.25, 0.3) is 11.3 Å². The van der Waals surface area contributed by atoms with Gasteiger partial charge in [-0.3, -0.25) is 0 Å². The summed E-state index contributed by atoms with van der Waals surface area (Å²) < 4.78 is 4.43. The number of aryl methyl sites for hydroxylation is 2. The van der Waals surface area contributed by atoms with Gasteiger partial charge in [0.15, 0.2) is 0 Å². The van der Waals surface area contributed by atoms with Crippen molar-refractivity contribution in [2.45, 2.75) is 65.7 Å². The first-order valence-corrected chi connectivity index (χ1v) is 9.98. The minimum absolute atomic E-state index is 0.0660. The van der Waals surface area contributed by atoms with E-state index in [4.69, 9.17) is 4.98 Å². The Bertz CT molecular complexity index is 1170. The van der Waals surface area contributed by atoms with Gasteiger partial charge in [0.1, 0.15) is 11.3 Å². The van der Waals surface area contributed by atoms with E-state index in [1.54, 1.807) is 0 Å². The second-order valence-corrected chi connectivity index (χ2v) is 9.70. The van der Waals surface area contributed by atoms with Crippen LogP contribution in [-0.4, -0.2) is 18.8 Å². The van der Waals surface area contributed by atoms with Crippen molar-refractivity contribution in [3.05, 3.63) is 71.1 Å². The first kappa shape index (κ1) is 18.7. The van der Waals surface area contributed by atoms with Crippen molar-refractivity contribution in [1.82, 2.24) is 18.8 Å². The SMILES string of the molecule is Cc1cn2cc(C(C)(C)C)cc(CC(C)(C)c3cccc4nc(C)cn34)c2n1. The van der Waals surface area contributed by atoms with Gasteiger partial charge in [0.25, 0.3) is 0 Å². The van der Waals surface area contributed by atoms with Crippen LogP contribution in [0.15, 0.2) is 42.9 Å². The summed E-state index contributed by atoms with van der Waals surface area (Å²) in [4.78, 5) is 9.46. The Morgan fingerprint density at radius 2 is 1.61 bits per heavy atom. The lowest BCUT2D eigenvalue weighted by molar-refractivity contribution is 0.498. The van der Waals surface area contributed by atoms with E-state index < -0.39 is 0 Å². The van der Waals surface area contributed by atoms with E-state index in [-0.39, 0.29) is 10.8 Å². The molecule has 0 fully saturated rings. The first-order valence-electron chi connectivity index (χ1n) is 9.98. The number of hydrogen-bond donors (Lipinski definition) is 0. The van der Waals surface area contributed by atoms with E-state index in [9.17, 15) is 0 Å². The molecule has 0 N–H and O–H groups in total. The molecule has 0 aliphatic rings. The van der Waals surface area contributed by atoms with E-state index in [0.717, 1.165) is 29.1 Å². The van der Waals surface area contributed by atoms with Gasteiger partial charge in [-0.25, -0.2) is 9.97 Å². The number of nitrogens with zero attached hydrogens (tertiary/aromatic N) is 4. The number of imidazole rings is 2. The topological polar surface area (TPSA) is 34.6 Å². The van der Waals surface area contributed by atoms with Gasteiger partial charge in [0, 0.05) is 29.7 Å². The van der Waals surface area contributed by atoms with Crippen molar-refractivity contribution >= 4 is 11.3 Å². The number of hydrogen-bond acceptors (Lipinski definition) is 2. The van der Waals surface area contributed by atoms with Crippen LogP contribution in [0, 0.1) is 13.8 Å². The Balaban J connectivity index is 1.86. The molecular formula is C24H30N4. The maximum Gasteiger partial charge on any atom is 0.140 e. The molecule has 0 radical (unpaired) electrons. The van der Waals surface area contributed by atoms with Crippen molar-refractivity contribution in [2.75, 3.05) is 0 Å². The van der Waals surface area contributed by atoms with Gasteiger partial charge in [-0.2, -0.15) is 0 Å².